The first-order valence-corrected chi connectivity index (χ1v) is 18.8. The predicted octanol–water partition coefficient (Wildman–Crippen LogP) is 14.2. The van der Waals surface area contributed by atoms with Gasteiger partial charge in [-0.1, -0.05) is 127 Å². The first-order valence-electron chi connectivity index (χ1n) is 18.8. The molecule has 0 aliphatic heterocycles. The minimum Gasteiger partial charge on any atom is -0.309 e. The van der Waals surface area contributed by atoms with Crippen molar-refractivity contribution in [3.8, 4) is 16.8 Å². The van der Waals surface area contributed by atoms with E-state index in [1.54, 1.807) is 0 Å². The number of fused-ring (bicyclic) bond motifs is 16. The minimum absolute atomic E-state index is 1.16. The number of para-hydroxylation sites is 3. The third-order valence-corrected chi connectivity index (χ3v) is 12.2. The number of nitrogens with zero attached hydrogens (tertiary/aromatic N) is 2. The molecule has 0 amide bonds. The van der Waals surface area contributed by atoms with Crippen molar-refractivity contribution in [3.63, 3.8) is 0 Å². The van der Waals surface area contributed by atoms with Crippen molar-refractivity contribution in [2.24, 2.45) is 0 Å². The van der Waals surface area contributed by atoms with Crippen LogP contribution < -0.4 is 0 Å². The summed E-state index contributed by atoms with van der Waals surface area (Å²) >= 11 is 0. The smallest absolute Gasteiger partial charge is 0.0620 e. The summed E-state index contributed by atoms with van der Waals surface area (Å²) in [4.78, 5) is 0. The summed E-state index contributed by atoms with van der Waals surface area (Å²) in [6, 6.07) is 67.8. The maximum atomic E-state index is 2.48. The van der Waals surface area contributed by atoms with Gasteiger partial charge in [0, 0.05) is 38.0 Å². The van der Waals surface area contributed by atoms with Gasteiger partial charge >= 0.3 is 0 Å². The third-order valence-electron chi connectivity index (χ3n) is 12.2. The minimum atomic E-state index is 1.16. The van der Waals surface area contributed by atoms with Gasteiger partial charge < -0.3 is 8.97 Å². The maximum Gasteiger partial charge on any atom is 0.0620 e. The quantitative estimate of drug-likeness (QED) is 0.161. The van der Waals surface area contributed by atoms with Crippen LogP contribution in [0.1, 0.15) is 0 Å². The molecule has 0 atom stereocenters. The van der Waals surface area contributed by atoms with Crippen molar-refractivity contribution in [3.05, 3.63) is 182 Å². The Morgan fingerprint density at radius 2 is 0.759 bits per heavy atom. The summed E-state index contributed by atoms with van der Waals surface area (Å²) in [6.07, 6.45) is 0. The zero-order valence-electron chi connectivity index (χ0n) is 29.2. The topological polar surface area (TPSA) is 9.34 Å². The van der Waals surface area contributed by atoms with E-state index in [-0.39, 0.29) is 0 Å². The zero-order valence-corrected chi connectivity index (χ0v) is 29.2. The van der Waals surface area contributed by atoms with Crippen LogP contribution in [0.5, 0.6) is 0 Å². The lowest BCUT2D eigenvalue weighted by Gasteiger charge is -2.13. The second kappa shape index (κ2) is 10.2. The Morgan fingerprint density at radius 3 is 1.50 bits per heavy atom. The van der Waals surface area contributed by atoms with Gasteiger partial charge in [-0.3, -0.25) is 0 Å². The normalized spacial score (nSPS) is 12.4. The molecule has 0 fully saturated rings. The fourth-order valence-electron chi connectivity index (χ4n) is 9.83. The van der Waals surface area contributed by atoms with Crippen LogP contribution in [0.15, 0.2) is 182 Å². The fourth-order valence-corrected chi connectivity index (χ4v) is 9.83. The van der Waals surface area contributed by atoms with Crippen LogP contribution in [0.3, 0.4) is 0 Å². The molecule has 0 N–H and O–H groups in total. The molecule has 0 unspecified atom stereocenters. The Labute approximate surface area is 309 Å². The Kier molecular flexibility index (Phi) is 5.39. The largest absolute Gasteiger partial charge is 0.309 e. The second-order valence-electron chi connectivity index (χ2n) is 14.9. The molecule has 0 saturated carbocycles. The molecule has 0 aliphatic rings. The van der Waals surface area contributed by atoms with Gasteiger partial charge in [-0.15, -0.1) is 0 Å². The number of benzene rings is 10. The summed E-state index contributed by atoms with van der Waals surface area (Å²) in [7, 11) is 0. The highest BCUT2D eigenvalue weighted by molar-refractivity contribution is 6.27. The molecule has 2 nitrogen and oxygen atoms in total. The van der Waals surface area contributed by atoms with Crippen molar-refractivity contribution in [2.45, 2.75) is 0 Å². The summed E-state index contributed by atoms with van der Waals surface area (Å²) < 4.78 is 4.94. The van der Waals surface area contributed by atoms with E-state index in [0.29, 0.717) is 0 Å². The van der Waals surface area contributed by atoms with Crippen LogP contribution in [0, 0.1) is 0 Å². The van der Waals surface area contributed by atoms with Gasteiger partial charge in [-0.2, -0.15) is 0 Å². The highest BCUT2D eigenvalue weighted by atomic mass is 15.0. The molecule has 0 spiro atoms. The average Bonchev–Trinajstić information content (AvgIpc) is 3.86. The monoisotopic (exact) mass is 682 g/mol. The molecule has 0 radical (unpaired) electrons. The first-order chi connectivity index (χ1) is 26.8. The van der Waals surface area contributed by atoms with E-state index in [4.69, 9.17) is 0 Å². The van der Waals surface area contributed by atoms with Gasteiger partial charge in [-0.05, 0) is 109 Å². The van der Waals surface area contributed by atoms with Crippen molar-refractivity contribution >= 4 is 103 Å². The van der Waals surface area contributed by atoms with Gasteiger partial charge in [0.1, 0.15) is 0 Å². The number of rotatable bonds is 2. The number of hydrogen-bond donors (Lipinski definition) is 0. The van der Waals surface area contributed by atoms with Crippen molar-refractivity contribution < 1.29 is 0 Å². The summed E-state index contributed by atoms with van der Waals surface area (Å²) in [5.74, 6) is 0. The molecule has 54 heavy (non-hydrogen) atoms. The van der Waals surface area contributed by atoms with E-state index in [0.717, 1.165) is 5.69 Å². The summed E-state index contributed by atoms with van der Waals surface area (Å²) in [5, 5.41) is 18.1. The number of aromatic nitrogens is 2. The van der Waals surface area contributed by atoms with Crippen LogP contribution in [-0.4, -0.2) is 8.97 Å². The van der Waals surface area contributed by atoms with Crippen LogP contribution in [0.25, 0.3) is 120 Å². The molecular weight excluding hydrogens is 653 g/mol. The molecule has 13 rings (SSSR count). The van der Waals surface area contributed by atoms with Crippen LogP contribution in [0.2, 0.25) is 0 Å². The molecule has 0 bridgehead atoms. The molecule has 10 aromatic carbocycles. The second-order valence-corrected chi connectivity index (χ2v) is 14.9. The summed E-state index contributed by atoms with van der Waals surface area (Å²) in [5.41, 5.74) is 9.86. The average molecular weight is 683 g/mol. The van der Waals surface area contributed by atoms with E-state index in [1.807, 2.05) is 0 Å². The number of hydrogen-bond acceptors (Lipinski definition) is 0. The SMILES string of the molecule is c1cc(-c2ccc3c4ccccc4c4ccccc4c3c2)cc(-n2c3ccccc3c3cc4cc5c6cccc7c8ccccc8n(c5cc4cc32)c76)c1. The Bertz CT molecular complexity index is 3690. The van der Waals surface area contributed by atoms with E-state index >= 15 is 0 Å². The Hall–Kier alpha value is -7.16. The highest BCUT2D eigenvalue weighted by Crippen LogP contribution is 2.43. The van der Waals surface area contributed by atoms with Crippen LogP contribution in [0.4, 0.5) is 0 Å². The lowest BCUT2D eigenvalue weighted by Crippen LogP contribution is -1.94. The van der Waals surface area contributed by atoms with Gasteiger partial charge in [0.2, 0.25) is 0 Å². The van der Waals surface area contributed by atoms with Gasteiger partial charge in [0.15, 0.2) is 0 Å². The van der Waals surface area contributed by atoms with Crippen molar-refractivity contribution in [1.29, 1.82) is 0 Å². The predicted molar refractivity (Wildman–Crippen MR) is 231 cm³/mol. The third kappa shape index (κ3) is 3.64. The molecule has 0 saturated heterocycles. The van der Waals surface area contributed by atoms with Crippen molar-refractivity contribution in [1.82, 2.24) is 8.97 Å². The van der Waals surface area contributed by atoms with E-state index in [9.17, 15) is 0 Å². The Morgan fingerprint density at radius 1 is 0.259 bits per heavy atom. The molecule has 2 heteroatoms. The molecule has 0 aliphatic carbocycles. The zero-order chi connectivity index (χ0) is 35.1. The Balaban J connectivity index is 1.05. The van der Waals surface area contributed by atoms with Crippen molar-refractivity contribution in [2.75, 3.05) is 0 Å². The van der Waals surface area contributed by atoms with Gasteiger partial charge in [0.05, 0.1) is 27.6 Å². The maximum absolute atomic E-state index is 2.48. The van der Waals surface area contributed by atoms with Crippen LogP contribution in [-0.2, 0) is 0 Å². The van der Waals surface area contributed by atoms with E-state index in [2.05, 4.69) is 191 Å². The lowest BCUT2D eigenvalue weighted by molar-refractivity contribution is 1.18. The molecule has 13 aromatic rings. The van der Waals surface area contributed by atoms with E-state index < -0.39 is 0 Å². The van der Waals surface area contributed by atoms with Crippen LogP contribution >= 0.6 is 0 Å². The van der Waals surface area contributed by atoms with Gasteiger partial charge in [0.25, 0.3) is 0 Å². The van der Waals surface area contributed by atoms with E-state index in [1.165, 1.54) is 114 Å². The molecule has 248 valence electrons. The van der Waals surface area contributed by atoms with Gasteiger partial charge in [-0.25, -0.2) is 0 Å². The fraction of sp³-hybridized carbons (Fsp3) is 0. The summed E-state index contributed by atoms with van der Waals surface area (Å²) in [6.45, 7) is 0. The molecule has 3 heterocycles. The standard InChI is InChI=1S/C52H30N2/c1-2-15-38-36(13-1)37-14-3-4-16-39(37)45-26-32(23-24-40(38)45)31-11-9-12-35(25-31)53-48-21-7-6-18-42(48)46-27-33-28-47-44-20-10-19-43-41-17-5-8-22-49(41)54(52(43)44)51(47)30-34(33)29-50(46)53/h1-30H. The highest BCUT2D eigenvalue weighted by Gasteiger charge is 2.19. The molecular formula is C52H30N2. The molecule has 3 aromatic heterocycles. The lowest BCUT2D eigenvalue weighted by atomic mass is 9.92. The first kappa shape index (κ1) is 28.4.